The van der Waals surface area contributed by atoms with Crippen LogP contribution in [0, 0.1) is 0 Å². The zero-order chi connectivity index (χ0) is 14.5. The first-order valence-electron chi connectivity index (χ1n) is 6.49. The fraction of sp³-hybridized carbons (Fsp3) is 0.357. The summed E-state index contributed by atoms with van der Waals surface area (Å²) in [6.07, 6.45) is 1.58. The number of nitrogens with one attached hydrogen (secondary N) is 2. The van der Waals surface area contributed by atoms with E-state index in [4.69, 9.17) is 5.11 Å². The Labute approximate surface area is 116 Å². The number of carbonyl (C=O) groups excluding carboxylic acids is 2. The van der Waals surface area contributed by atoms with Gasteiger partial charge in [0.15, 0.2) is 0 Å². The molecular weight excluding hydrogens is 260 g/mol. The van der Waals surface area contributed by atoms with Crippen LogP contribution in [0.5, 0.6) is 0 Å². The highest BCUT2D eigenvalue weighted by atomic mass is 16.4. The van der Waals surface area contributed by atoms with Crippen LogP contribution in [0.3, 0.4) is 0 Å². The second-order valence-electron chi connectivity index (χ2n) is 4.70. The first-order chi connectivity index (χ1) is 9.56. The molecule has 6 nitrogen and oxygen atoms in total. The van der Waals surface area contributed by atoms with Crippen LogP contribution in [0.2, 0.25) is 0 Å². The molecule has 0 aliphatic carbocycles. The molecule has 106 valence electrons. The van der Waals surface area contributed by atoms with Crippen LogP contribution < -0.4 is 10.6 Å². The van der Waals surface area contributed by atoms with Crippen molar-refractivity contribution in [3.05, 3.63) is 29.3 Å². The number of hydrogen-bond donors (Lipinski definition) is 3. The van der Waals surface area contributed by atoms with Crippen LogP contribution in [0.4, 0.5) is 5.69 Å². The maximum absolute atomic E-state index is 11.9. The van der Waals surface area contributed by atoms with E-state index in [2.05, 4.69) is 10.6 Å². The summed E-state index contributed by atoms with van der Waals surface area (Å²) in [7, 11) is 0. The van der Waals surface area contributed by atoms with E-state index in [1.165, 1.54) is 0 Å². The average Bonchev–Trinajstić information content (AvgIpc) is 2.76. The Morgan fingerprint density at radius 1 is 1.30 bits per heavy atom. The molecule has 0 atom stereocenters. The fourth-order valence-electron chi connectivity index (χ4n) is 2.08. The molecule has 0 spiro atoms. The van der Waals surface area contributed by atoms with Crippen molar-refractivity contribution < 1.29 is 19.5 Å². The van der Waals surface area contributed by atoms with Crippen molar-refractivity contribution in [2.24, 2.45) is 0 Å². The number of aliphatic carboxylic acids is 1. The summed E-state index contributed by atoms with van der Waals surface area (Å²) in [6, 6.07) is 5.09. The largest absolute Gasteiger partial charge is 0.481 e. The summed E-state index contributed by atoms with van der Waals surface area (Å²) in [4.78, 5) is 33.4. The lowest BCUT2D eigenvalue weighted by atomic mass is 10.1. The number of rotatable bonds is 6. The Hall–Kier alpha value is -2.37. The summed E-state index contributed by atoms with van der Waals surface area (Å²) in [5.74, 6) is -1.10. The Balaban J connectivity index is 1.83. The van der Waals surface area contributed by atoms with Crippen molar-refractivity contribution >= 4 is 23.5 Å². The average molecular weight is 276 g/mol. The Bertz CT molecular complexity index is 554. The predicted octanol–water partition coefficient (Wildman–Crippen LogP) is 1.17. The van der Waals surface area contributed by atoms with Crippen LogP contribution in [0.15, 0.2) is 18.2 Å². The molecule has 0 radical (unpaired) electrons. The van der Waals surface area contributed by atoms with Crippen molar-refractivity contribution in [1.29, 1.82) is 0 Å². The van der Waals surface area contributed by atoms with E-state index in [0.29, 0.717) is 31.4 Å². The van der Waals surface area contributed by atoms with Crippen LogP contribution in [0.1, 0.15) is 35.2 Å². The first kappa shape index (κ1) is 14.0. The van der Waals surface area contributed by atoms with E-state index in [1.54, 1.807) is 18.2 Å². The van der Waals surface area contributed by atoms with E-state index >= 15 is 0 Å². The van der Waals surface area contributed by atoms with E-state index < -0.39 is 5.97 Å². The molecule has 0 saturated heterocycles. The standard InChI is InChI=1S/C14H16N2O4/c17-12-8-10-7-9(4-5-11(10)16-12)14(20)15-6-2-1-3-13(18)19/h4-5,7H,1-3,6,8H2,(H,15,20)(H,16,17)(H,18,19). The maximum Gasteiger partial charge on any atom is 0.303 e. The van der Waals surface area contributed by atoms with Gasteiger partial charge in [-0.2, -0.15) is 0 Å². The van der Waals surface area contributed by atoms with Crippen molar-refractivity contribution in [2.45, 2.75) is 25.7 Å². The van der Waals surface area contributed by atoms with Gasteiger partial charge in [0.25, 0.3) is 5.91 Å². The van der Waals surface area contributed by atoms with Gasteiger partial charge in [0, 0.05) is 24.2 Å². The van der Waals surface area contributed by atoms with Gasteiger partial charge in [-0.15, -0.1) is 0 Å². The third kappa shape index (κ3) is 3.57. The molecule has 1 aliphatic heterocycles. The zero-order valence-electron chi connectivity index (χ0n) is 10.9. The van der Waals surface area contributed by atoms with Crippen LogP contribution in [-0.2, 0) is 16.0 Å². The third-order valence-electron chi connectivity index (χ3n) is 3.10. The maximum atomic E-state index is 11.9. The molecule has 0 aromatic heterocycles. The van der Waals surface area contributed by atoms with E-state index in [9.17, 15) is 14.4 Å². The molecule has 1 aliphatic rings. The highest BCUT2D eigenvalue weighted by molar-refractivity contribution is 6.01. The van der Waals surface area contributed by atoms with Crippen LogP contribution >= 0.6 is 0 Å². The number of fused-ring (bicyclic) bond motifs is 1. The lowest BCUT2D eigenvalue weighted by Crippen LogP contribution is -2.24. The minimum atomic E-state index is -0.827. The van der Waals surface area contributed by atoms with Crippen molar-refractivity contribution in [3.8, 4) is 0 Å². The number of benzene rings is 1. The molecule has 2 amide bonds. The van der Waals surface area contributed by atoms with Gasteiger partial charge in [0.1, 0.15) is 0 Å². The topological polar surface area (TPSA) is 95.5 Å². The number of carboxylic acid groups (broad SMARTS) is 1. The molecular formula is C14H16N2O4. The minimum Gasteiger partial charge on any atom is -0.481 e. The lowest BCUT2D eigenvalue weighted by molar-refractivity contribution is -0.137. The molecule has 2 rings (SSSR count). The van der Waals surface area contributed by atoms with Crippen LogP contribution in [-0.4, -0.2) is 29.4 Å². The summed E-state index contributed by atoms with van der Waals surface area (Å²) in [5, 5.41) is 13.9. The van der Waals surface area contributed by atoms with Gasteiger partial charge < -0.3 is 15.7 Å². The predicted molar refractivity (Wildman–Crippen MR) is 72.6 cm³/mol. The van der Waals surface area contributed by atoms with Crippen LogP contribution in [0.25, 0.3) is 0 Å². The van der Waals surface area contributed by atoms with Crippen molar-refractivity contribution in [1.82, 2.24) is 5.32 Å². The van der Waals surface area contributed by atoms with Gasteiger partial charge in [-0.1, -0.05) is 0 Å². The molecule has 3 N–H and O–H groups in total. The highest BCUT2D eigenvalue weighted by Gasteiger charge is 2.18. The number of amides is 2. The highest BCUT2D eigenvalue weighted by Crippen LogP contribution is 2.23. The molecule has 0 saturated carbocycles. The molecule has 6 heteroatoms. The summed E-state index contributed by atoms with van der Waals surface area (Å²) >= 11 is 0. The number of unbranched alkanes of at least 4 members (excludes halogenated alkanes) is 1. The second-order valence-corrected chi connectivity index (χ2v) is 4.70. The first-order valence-corrected chi connectivity index (χ1v) is 6.49. The number of hydrogen-bond acceptors (Lipinski definition) is 3. The third-order valence-corrected chi connectivity index (χ3v) is 3.10. The molecule has 0 bridgehead atoms. The van der Waals surface area contributed by atoms with E-state index in [0.717, 1.165) is 11.3 Å². The molecule has 20 heavy (non-hydrogen) atoms. The summed E-state index contributed by atoms with van der Waals surface area (Å²) in [5.41, 5.74) is 2.10. The van der Waals surface area contributed by atoms with Gasteiger partial charge in [-0.25, -0.2) is 0 Å². The molecule has 1 aromatic rings. The fourth-order valence-corrected chi connectivity index (χ4v) is 2.08. The van der Waals surface area contributed by atoms with Crippen molar-refractivity contribution in [2.75, 3.05) is 11.9 Å². The zero-order valence-corrected chi connectivity index (χ0v) is 10.9. The van der Waals surface area contributed by atoms with Gasteiger partial charge in [-0.05, 0) is 36.6 Å². The summed E-state index contributed by atoms with van der Waals surface area (Å²) in [6.45, 7) is 0.445. The lowest BCUT2D eigenvalue weighted by Gasteiger charge is -2.06. The Kier molecular flexibility index (Phi) is 4.34. The summed E-state index contributed by atoms with van der Waals surface area (Å²) < 4.78 is 0. The van der Waals surface area contributed by atoms with Crippen molar-refractivity contribution in [3.63, 3.8) is 0 Å². The van der Waals surface area contributed by atoms with E-state index in [1.807, 2.05) is 0 Å². The Morgan fingerprint density at radius 2 is 2.10 bits per heavy atom. The smallest absolute Gasteiger partial charge is 0.303 e. The van der Waals surface area contributed by atoms with Gasteiger partial charge >= 0.3 is 5.97 Å². The van der Waals surface area contributed by atoms with Gasteiger partial charge in [-0.3, -0.25) is 14.4 Å². The molecule has 0 unspecified atom stereocenters. The molecule has 0 fully saturated rings. The minimum absolute atomic E-state index is 0.0637. The normalized spacial score (nSPS) is 12.7. The van der Waals surface area contributed by atoms with Gasteiger partial charge in [0.2, 0.25) is 5.91 Å². The molecule has 1 aromatic carbocycles. The second kappa shape index (κ2) is 6.18. The number of carbonyl (C=O) groups is 3. The van der Waals surface area contributed by atoms with E-state index in [-0.39, 0.29) is 18.2 Å². The monoisotopic (exact) mass is 276 g/mol. The number of anilines is 1. The Morgan fingerprint density at radius 3 is 2.85 bits per heavy atom. The van der Waals surface area contributed by atoms with Gasteiger partial charge in [0.05, 0.1) is 6.42 Å². The molecule has 1 heterocycles. The quantitative estimate of drug-likeness (QED) is 0.679. The number of carboxylic acids is 1. The SMILES string of the molecule is O=C(O)CCCCNC(=O)c1ccc2c(c1)CC(=O)N2.